The van der Waals surface area contributed by atoms with E-state index in [1.54, 1.807) is 6.20 Å². The van der Waals surface area contributed by atoms with Gasteiger partial charge in [0.25, 0.3) is 5.91 Å². The third-order valence-electron chi connectivity index (χ3n) is 1.88. The Hall–Kier alpha value is -0.630. The molecule has 0 fully saturated rings. The van der Waals surface area contributed by atoms with Gasteiger partial charge in [-0.25, -0.2) is 0 Å². The first-order chi connectivity index (χ1) is 7.61. The molecule has 0 saturated carbocycles. The molecule has 0 radical (unpaired) electrons. The van der Waals surface area contributed by atoms with Crippen LogP contribution < -0.4 is 5.32 Å². The molecule has 0 aliphatic rings. The molecule has 1 aromatic rings. The van der Waals surface area contributed by atoms with E-state index in [0.717, 1.165) is 9.99 Å². The van der Waals surface area contributed by atoms with Crippen molar-refractivity contribution in [3.63, 3.8) is 0 Å². The van der Waals surface area contributed by atoms with Crippen LogP contribution in [0.2, 0.25) is 0 Å². The standard InChI is InChI=1S/C10H16IN3O2/c1-7(2)16-5-3-4-12-10(15)9-8(11)6-13-14-9/h6-7H,3-5H2,1-2H3,(H,12,15)(H,13,14). The summed E-state index contributed by atoms with van der Waals surface area (Å²) >= 11 is 2.07. The van der Waals surface area contributed by atoms with Gasteiger partial charge in [0, 0.05) is 13.2 Å². The molecule has 0 aliphatic heterocycles. The van der Waals surface area contributed by atoms with Gasteiger partial charge in [0.05, 0.1) is 15.9 Å². The van der Waals surface area contributed by atoms with Gasteiger partial charge in [0.15, 0.2) is 0 Å². The molecule has 1 rings (SSSR count). The van der Waals surface area contributed by atoms with Crippen LogP contribution >= 0.6 is 22.6 Å². The van der Waals surface area contributed by atoms with E-state index in [4.69, 9.17) is 4.74 Å². The molecular weight excluding hydrogens is 321 g/mol. The number of aromatic amines is 1. The molecule has 0 aliphatic carbocycles. The number of carbonyl (C=O) groups excluding carboxylic acids is 1. The van der Waals surface area contributed by atoms with E-state index in [1.165, 1.54) is 0 Å². The second-order valence-electron chi connectivity index (χ2n) is 3.62. The van der Waals surface area contributed by atoms with Crippen LogP contribution in [0.4, 0.5) is 0 Å². The highest BCUT2D eigenvalue weighted by atomic mass is 127. The van der Waals surface area contributed by atoms with Crippen LogP contribution in [0.5, 0.6) is 0 Å². The van der Waals surface area contributed by atoms with Crippen LogP contribution in [0.3, 0.4) is 0 Å². The van der Waals surface area contributed by atoms with E-state index < -0.39 is 0 Å². The minimum Gasteiger partial charge on any atom is -0.379 e. The van der Waals surface area contributed by atoms with E-state index in [1.807, 2.05) is 13.8 Å². The summed E-state index contributed by atoms with van der Waals surface area (Å²) in [7, 11) is 0. The monoisotopic (exact) mass is 337 g/mol. The number of halogens is 1. The van der Waals surface area contributed by atoms with Gasteiger partial charge in [-0.05, 0) is 42.9 Å². The number of H-pyrrole nitrogens is 1. The van der Waals surface area contributed by atoms with E-state index in [9.17, 15) is 4.79 Å². The number of nitrogens with one attached hydrogen (secondary N) is 2. The van der Waals surface area contributed by atoms with Crippen molar-refractivity contribution in [3.05, 3.63) is 15.5 Å². The largest absolute Gasteiger partial charge is 0.379 e. The van der Waals surface area contributed by atoms with Gasteiger partial charge in [-0.2, -0.15) is 5.10 Å². The third kappa shape index (κ3) is 4.48. The molecule has 1 aromatic heterocycles. The summed E-state index contributed by atoms with van der Waals surface area (Å²) < 4.78 is 6.19. The molecule has 0 aromatic carbocycles. The first-order valence-corrected chi connectivity index (χ1v) is 6.27. The number of hydrogen-bond donors (Lipinski definition) is 2. The van der Waals surface area contributed by atoms with Crippen LogP contribution in [-0.4, -0.2) is 35.4 Å². The van der Waals surface area contributed by atoms with E-state index >= 15 is 0 Å². The number of rotatable bonds is 6. The molecule has 0 saturated heterocycles. The Morgan fingerprint density at radius 2 is 2.44 bits per heavy atom. The van der Waals surface area contributed by atoms with Gasteiger partial charge in [-0.15, -0.1) is 0 Å². The zero-order valence-electron chi connectivity index (χ0n) is 9.42. The summed E-state index contributed by atoms with van der Waals surface area (Å²) in [5.74, 6) is -0.119. The fourth-order valence-corrected chi connectivity index (χ4v) is 1.62. The van der Waals surface area contributed by atoms with Crippen molar-refractivity contribution in [1.29, 1.82) is 0 Å². The molecule has 1 heterocycles. The van der Waals surface area contributed by atoms with E-state index in [-0.39, 0.29) is 12.0 Å². The number of amides is 1. The molecule has 0 spiro atoms. The number of ether oxygens (including phenoxy) is 1. The molecular formula is C10H16IN3O2. The van der Waals surface area contributed by atoms with Gasteiger partial charge >= 0.3 is 0 Å². The lowest BCUT2D eigenvalue weighted by Gasteiger charge is -2.07. The summed E-state index contributed by atoms with van der Waals surface area (Å²) in [5.41, 5.74) is 0.519. The van der Waals surface area contributed by atoms with Gasteiger partial charge in [0.2, 0.25) is 0 Å². The topological polar surface area (TPSA) is 67.0 Å². The Kier molecular flexibility index (Phi) is 5.75. The first-order valence-electron chi connectivity index (χ1n) is 5.20. The number of carbonyl (C=O) groups is 1. The fourth-order valence-electron chi connectivity index (χ4n) is 1.11. The van der Waals surface area contributed by atoms with Crippen molar-refractivity contribution < 1.29 is 9.53 Å². The lowest BCUT2D eigenvalue weighted by molar-refractivity contribution is 0.0756. The molecule has 6 heteroatoms. The molecule has 0 unspecified atom stereocenters. The summed E-state index contributed by atoms with van der Waals surface area (Å²) in [6, 6.07) is 0. The quantitative estimate of drug-likeness (QED) is 0.612. The maximum atomic E-state index is 11.6. The number of aromatic nitrogens is 2. The predicted octanol–water partition coefficient (Wildman–Crippen LogP) is 1.56. The highest BCUT2D eigenvalue weighted by Gasteiger charge is 2.10. The number of nitrogens with zero attached hydrogens (tertiary/aromatic N) is 1. The Labute approximate surface area is 108 Å². The van der Waals surface area contributed by atoms with E-state index in [0.29, 0.717) is 18.8 Å². The summed E-state index contributed by atoms with van der Waals surface area (Å²) in [4.78, 5) is 11.6. The average Bonchev–Trinajstić information content (AvgIpc) is 2.63. The molecule has 0 atom stereocenters. The number of hydrogen-bond acceptors (Lipinski definition) is 3. The molecule has 16 heavy (non-hydrogen) atoms. The van der Waals surface area contributed by atoms with Crippen LogP contribution in [0.1, 0.15) is 30.8 Å². The van der Waals surface area contributed by atoms with Gasteiger partial charge in [0.1, 0.15) is 5.69 Å². The van der Waals surface area contributed by atoms with Crippen molar-refractivity contribution in [2.75, 3.05) is 13.2 Å². The average molecular weight is 337 g/mol. The summed E-state index contributed by atoms with van der Waals surface area (Å²) in [6.45, 7) is 5.26. The molecule has 0 bridgehead atoms. The Morgan fingerprint density at radius 3 is 3.00 bits per heavy atom. The Morgan fingerprint density at radius 1 is 1.69 bits per heavy atom. The van der Waals surface area contributed by atoms with Crippen LogP contribution in [-0.2, 0) is 4.74 Å². The second kappa shape index (κ2) is 6.85. The molecule has 90 valence electrons. The van der Waals surface area contributed by atoms with Crippen molar-refractivity contribution in [2.45, 2.75) is 26.4 Å². The lowest BCUT2D eigenvalue weighted by Crippen LogP contribution is -2.26. The normalized spacial score (nSPS) is 10.8. The van der Waals surface area contributed by atoms with Crippen LogP contribution in [0, 0.1) is 3.57 Å². The van der Waals surface area contributed by atoms with E-state index in [2.05, 4.69) is 38.1 Å². The van der Waals surface area contributed by atoms with Gasteiger partial charge < -0.3 is 10.1 Å². The minimum absolute atomic E-state index is 0.119. The van der Waals surface area contributed by atoms with Crippen LogP contribution in [0.15, 0.2) is 6.20 Å². The van der Waals surface area contributed by atoms with Gasteiger partial charge in [-0.1, -0.05) is 0 Å². The Bertz CT molecular complexity index is 339. The van der Waals surface area contributed by atoms with Crippen molar-refractivity contribution in [2.24, 2.45) is 0 Å². The maximum absolute atomic E-state index is 11.6. The minimum atomic E-state index is -0.119. The second-order valence-corrected chi connectivity index (χ2v) is 4.78. The van der Waals surface area contributed by atoms with Crippen molar-refractivity contribution in [1.82, 2.24) is 15.5 Å². The zero-order chi connectivity index (χ0) is 12.0. The predicted molar refractivity (Wildman–Crippen MR) is 69.3 cm³/mol. The smallest absolute Gasteiger partial charge is 0.270 e. The molecule has 5 nitrogen and oxygen atoms in total. The SMILES string of the molecule is CC(C)OCCCNC(=O)c1[nH]ncc1I. The maximum Gasteiger partial charge on any atom is 0.270 e. The zero-order valence-corrected chi connectivity index (χ0v) is 11.6. The summed E-state index contributed by atoms with van der Waals surface area (Å²) in [5, 5.41) is 9.26. The molecule has 2 N–H and O–H groups in total. The highest BCUT2D eigenvalue weighted by molar-refractivity contribution is 14.1. The first kappa shape index (κ1) is 13.4. The molecule has 1 amide bonds. The fraction of sp³-hybridized carbons (Fsp3) is 0.600. The van der Waals surface area contributed by atoms with Gasteiger partial charge in [-0.3, -0.25) is 9.89 Å². The van der Waals surface area contributed by atoms with Crippen molar-refractivity contribution >= 4 is 28.5 Å². The van der Waals surface area contributed by atoms with Crippen LogP contribution in [0.25, 0.3) is 0 Å². The lowest BCUT2D eigenvalue weighted by atomic mass is 10.4. The highest BCUT2D eigenvalue weighted by Crippen LogP contribution is 2.06. The Balaban J connectivity index is 2.19. The third-order valence-corrected chi connectivity index (χ3v) is 2.70. The summed E-state index contributed by atoms with van der Waals surface area (Å²) in [6.07, 6.45) is 2.68. The van der Waals surface area contributed by atoms with Crippen molar-refractivity contribution in [3.8, 4) is 0 Å².